The van der Waals surface area contributed by atoms with Crippen LogP contribution >= 0.6 is 12.4 Å². The molecule has 1 saturated heterocycles. The van der Waals surface area contributed by atoms with Crippen molar-refractivity contribution >= 4 is 22.4 Å². The average molecular weight is 240 g/mol. The van der Waals surface area contributed by atoms with Crippen LogP contribution in [0.1, 0.15) is 0 Å². The van der Waals surface area contributed by atoms with Crippen LogP contribution < -0.4 is 10.0 Å². The number of hydrogen-bond acceptors (Lipinski definition) is 5. The Bertz CT molecular complexity index is 373. The number of nitrogens with zero attached hydrogens (tertiary/aromatic N) is 1. The van der Waals surface area contributed by atoms with Crippen LogP contribution in [0, 0.1) is 0 Å². The summed E-state index contributed by atoms with van der Waals surface area (Å²) in [6.45, 7) is 1.34. The first-order chi connectivity index (χ1) is 6.18. The van der Waals surface area contributed by atoms with Crippen molar-refractivity contribution in [3.05, 3.63) is 12.5 Å². The molecule has 0 radical (unpaired) electrons. The first kappa shape index (κ1) is 11.4. The quantitative estimate of drug-likeness (QED) is 0.732. The SMILES string of the molecule is Cl.O=S(=O)(NC1CNC1)c1cnoc1. The van der Waals surface area contributed by atoms with Crippen LogP contribution in [-0.2, 0) is 10.0 Å². The zero-order chi connectivity index (χ0) is 9.31. The Morgan fingerprint density at radius 3 is 2.71 bits per heavy atom. The van der Waals surface area contributed by atoms with Crippen LogP contribution in [0.2, 0.25) is 0 Å². The van der Waals surface area contributed by atoms with Gasteiger partial charge in [-0.3, -0.25) is 0 Å². The third kappa shape index (κ3) is 2.24. The van der Waals surface area contributed by atoms with Gasteiger partial charge in [-0.05, 0) is 0 Å². The molecule has 2 heterocycles. The van der Waals surface area contributed by atoms with E-state index < -0.39 is 10.0 Å². The minimum absolute atomic E-state index is 0. The van der Waals surface area contributed by atoms with E-state index in [4.69, 9.17) is 0 Å². The Hall–Kier alpha value is -0.630. The van der Waals surface area contributed by atoms with Crippen LogP contribution in [0.5, 0.6) is 0 Å². The van der Waals surface area contributed by atoms with Gasteiger partial charge in [0.15, 0.2) is 0 Å². The summed E-state index contributed by atoms with van der Waals surface area (Å²) >= 11 is 0. The molecule has 1 aromatic rings. The molecule has 1 fully saturated rings. The molecule has 0 spiro atoms. The molecule has 8 heteroatoms. The van der Waals surface area contributed by atoms with E-state index in [1.165, 1.54) is 6.20 Å². The van der Waals surface area contributed by atoms with Crippen LogP contribution in [-0.4, -0.2) is 32.7 Å². The van der Waals surface area contributed by atoms with Gasteiger partial charge in [0.25, 0.3) is 0 Å². The van der Waals surface area contributed by atoms with E-state index >= 15 is 0 Å². The van der Waals surface area contributed by atoms with Crippen LogP contribution in [0.3, 0.4) is 0 Å². The predicted octanol–water partition coefficient (Wildman–Crippen LogP) is -0.654. The molecule has 14 heavy (non-hydrogen) atoms. The lowest BCUT2D eigenvalue weighted by Gasteiger charge is -2.27. The van der Waals surface area contributed by atoms with E-state index in [0.717, 1.165) is 6.26 Å². The first-order valence-electron chi connectivity index (χ1n) is 3.81. The molecule has 2 N–H and O–H groups in total. The molecule has 0 atom stereocenters. The Morgan fingerprint density at radius 1 is 1.57 bits per heavy atom. The molecule has 6 nitrogen and oxygen atoms in total. The fraction of sp³-hybridized carbons (Fsp3) is 0.500. The molecular weight excluding hydrogens is 230 g/mol. The second kappa shape index (κ2) is 4.26. The van der Waals surface area contributed by atoms with Gasteiger partial charge >= 0.3 is 0 Å². The van der Waals surface area contributed by atoms with Crippen molar-refractivity contribution in [3.63, 3.8) is 0 Å². The summed E-state index contributed by atoms with van der Waals surface area (Å²) in [6.07, 6.45) is 2.28. The number of rotatable bonds is 3. The monoisotopic (exact) mass is 239 g/mol. The standard InChI is InChI=1S/C6H9N3O3S.ClH/c10-13(11,6-3-8-12-4-6)9-5-1-7-2-5;/h3-5,7,9H,1-2H2;1H. The van der Waals surface area contributed by atoms with Crippen molar-refractivity contribution in [1.82, 2.24) is 15.2 Å². The second-order valence-corrected chi connectivity index (χ2v) is 4.55. The van der Waals surface area contributed by atoms with Gasteiger partial charge in [-0.2, -0.15) is 0 Å². The Morgan fingerprint density at radius 2 is 2.29 bits per heavy atom. The molecule has 0 amide bonds. The van der Waals surface area contributed by atoms with E-state index in [0.29, 0.717) is 13.1 Å². The Labute approximate surface area is 87.5 Å². The van der Waals surface area contributed by atoms with E-state index in [1.54, 1.807) is 0 Å². The van der Waals surface area contributed by atoms with E-state index in [1.807, 2.05) is 0 Å². The molecule has 0 aliphatic carbocycles. The van der Waals surface area contributed by atoms with Gasteiger partial charge in [0.2, 0.25) is 10.0 Å². The highest BCUT2D eigenvalue weighted by molar-refractivity contribution is 7.89. The lowest BCUT2D eigenvalue weighted by atomic mass is 10.2. The smallest absolute Gasteiger partial charge is 0.245 e. The normalized spacial score (nSPS) is 17.1. The Balaban J connectivity index is 0.000000980. The molecule has 1 aliphatic heterocycles. The van der Waals surface area contributed by atoms with Gasteiger partial charge < -0.3 is 9.84 Å². The number of sulfonamides is 1. The molecule has 2 rings (SSSR count). The molecule has 0 saturated carbocycles. The van der Waals surface area contributed by atoms with Crippen molar-refractivity contribution in [3.8, 4) is 0 Å². The maximum atomic E-state index is 11.5. The number of halogens is 1. The van der Waals surface area contributed by atoms with Crippen molar-refractivity contribution in [2.24, 2.45) is 0 Å². The maximum absolute atomic E-state index is 11.5. The molecular formula is C6H10ClN3O3S. The van der Waals surface area contributed by atoms with Gasteiger partial charge in [-0.15, -0.1) is 12.4 Å². The zero-order valence-electron chi connectivity index (χ0n) is 7.13. The van der Waals surface area contributed by atoms with Gasteiger partial charge in [0, 0.05) is 19.1 Å². The van der Waals surface area contributed by atoms with Gasteiger partial charge in [-0.1, -0.05) is 5.16 Å². The lowest BCUT2D eigenvalue weighted by Crippen LogP contribution is -2.56. The summed E-state index contributed by atoms with van der Waals surface area (Å²) in [6, 6.07) is -0.0140. The highest BCUT2D eigenvalue weighted by Crippen LogP contribution is 2.07. The summed E-state index contributed by atoms with van der Waals surface area (Å²) in [5, 5.41) is 6.29. The van der Waals surface area contributed by atoms with Crippen molar-refractivity contribution in [2.75, 3.05) is 13.1 Å². The summed E-state index contributed by atoms with van der Waals surface area (Å²) in [7, 11) is -3.42. The third-order valence-electron chi connectivity index (χ3n) is 1.82. The van der Waals surface area contributed by atoms with Crippen molar-refractivity contribution in [1.29, 1.82) is 0 Å². The summed E-state index contributed by atoms with van der Waals surface area (Å²) in [5.74, 6) is 0. The second-order valence-electron chi connectivity index (χ2n) is 2.84. The summed E-state index contributed by atoms with van der Waals surface area (Å²) in [4.78, 5) is 0.0689. The summed E-state index contributed by atoms with van der Waals surface area (Å²) < 4.78 is 29.9. The number of aromatic nitrogens is 1. The molecule has 1 aliphatic rings. The van der Waals surface area contributed by atoms with E-state index in [-0.39, 0.29) is 23.3 Å². The number of hydrogen-bond donors (Lipinski definition) is 2. The molecule has 80 valence electrons. The fourth-order valence-corrected chi connectivity index (χ4v) is 2.08. The van der Waals surface area contributed by atoms with E-state index in [9.17, 15) is 8.42 Å². The van der Waals surface area contributed by atoms with Crippen LogP contribution in [0.25, 0.3) is 0 Å². The average Bonchev–Trinajstić information content (AvgIpc) is 2.49. The largest absolute Gasteiger partial charge is 0.363 e. The fourth-order valence-electron chi connectivity index (χ4n) is 0.987. The summed E-state index contributed by atoms with van der Waals surface area (Å²) in [5.41, 5.74) is 0. The van der Waals surface area contributed by atoms with Gasteiger partial charge in [-0.25, -0.2) is 13.1 Å². The number of nitrogens with one attached hydrogen (secondary N) is 2. The van der Waals surface area contributed by atoms with E-state index in [2.05, 4.69) is 19.7 Å². The minimum Gasteiger partial charge on any atom is -0.363 e. The predicted molar refractivity (Wildman–Crippen MR) is 50.7 cm³/mol. The molecule has 0 unspecified atom stereocenters. The van der Waals surface area contributed by atoms with Crippen LogP contribution in [0.15, 0.2) is 21.9 Å². The van der Waals surface area contributed by atoms with Crippen molar-refractivity contribution < 1.29 is 12.9 Å². The lowest BCUT2D eigenvalue weighted by molar-refractivity contribution is 0.408. The maximum Gasteiger partial charge on any atom is 0.245 e. The van der Waals surface area contributed by atoms with Crippen molar-refractivity contribution in [2.45, 2.75) is 10.9 Å². The van der Waals surface area contributed by atoms with Crippen LogP contribution in [0.4, 0.5) is 0 Å². The third-order valence-corrected chi connectivity index (χ3v) is 3.29. The molecule has 1 aromatic heterocycles. The zero-order valence-corrected chi connectivity index (χ0v) is 8.77. The minimum atomic E-state index is -3.42. The molecule has 0 aromatic carbocycles. The molecule has 0 bridgehead atoms. The first-order valence-corrected chi connectivity index (χ1v) is 5.29. The Kier molecular flexibility index (Phi) is 3.48. The topological polar surface area (TPSA) is 84.2 Å². The highest BCUT2D eigenvalue weighted by Gasteiger charge is 2.25. The highest BCUT2D eigenvalue weighted by atomic mass is 35.5. The van der Waals surface area contributed by atoms with Gasteiger partial charge in [0.1, 0.15) is 11.2 Å². The van der Waals surface area contributed by atoms with Gasteiger partial charge in [0.05, 0.1) is 6.20 Å².